The Kier molecular flexibility index (Phi) is 8.48. The van der Waals surface area contributed by atoms with E-state index in [4.69, 9.17) is 4.74 Å². The molecular formula is C26H29N3O5S. The molecule has 0 saturated heterocycles. The summed E-state index contributed by atoms with van der Waals surface area (Å²) in [6.45, 7) is 4.00. The molecule has 184 valence electrons. The number of nitrogens with one attached hydrogen (secondary N) is 3. The van der Waals surface area contributed by atoms with Crippen LogP contribution in [0, 0.1) is 0 Å². The van der Waals surface area contributed by atoms with Crippen LogP contribution in [-0.2, 0) is 16.4 Å². The molecule has 0 spiro atoms. The molecule has 0 aliphatic carbocycles. The minimum absolute atomic E-state index is 0.0935. The SMILES string of the molecule is COc1ccc(S(=O)(=O)Nc2ccccc2C(=O)NCCc2ccccc2)cc1C(=O)NC(C)C. The van der Waals surface area contributed by atoms with Gasteiger partial charge in [-0.15, -0.1) is 0 Å². The van der Waals surface area contributed by atoms with Crippen molar-refractivity contribution >= 4 is 27.5 Å². The molecule has 0 aromatic heterocycles. The van der Waals surface area contributed by atoms with Gasteiger partial charge in [0.1, 0.15) is 5.75 Å². The van der Waals surface area contributed by atoms with Crippen LogP contribution in [0.3, 0.4) is 0 Å². The van der Waals surface area contributed by atoms with Gasteiger partial charge in [-0.3, -0.25) is 14.3 Å². The van der Waals surface area contributed by atoms with Crippen molar-refractivity contribution in [2.24, 2.45) is 0 Å². The van der Waals surface area contributed by atoms with E-state index in [-0.39, 0.29) is 33.5 Å². The van der Waals surface area contributed by atoms with Crippen LogP contribution >= 0.6 is 0 Å². The molecule has 0 bridgehead atoms. The number of sulfonamides is 1. The van der Waals surface area contributed by atoms with Crippen molar-refractivity contribution in [3.05, 3.63) is 89.5 Å². The van der Waals surface area contributed by atoms with Crippen molar-refractivity contribution in [2.75, 3.05) is 18.4 Å². The molecule has 3 N–H and O–H groups in total. The number of rotatable bonds is 10. The van der Waals surface area contributed by atoms with Gasteiger partial charge in [0, 0.05) is 12.6 Å². The lowest BCUT2D eigenvalue weighted by Gasteiger charge is -2.15. The Labute approximate surface area is 205 Å². The first kappa shape index (κ1) is 25.8. The Morgan fingerprint density at radius 1 is 0.886 bits per heavy atom. The van der Waals surface area contributed by atoms with Crippen molar-refractivity contribution in [2.45, 2.75) is 31.2 Å². The predicted molar refractivity (Wildman–Crippen MR) is 135 cm³/mol. The molecule has 0 atom stereocenters. The van der Waals surface area contributed by atoms with Crippen molar-refractivity contribution in [1.29, 1.82) is 0 Å². The summed E-state index contributed by atoms with van der Waals surface area (Å²) < 4.78 is 34.0. The number of amides is 2. The van der Waals surface area contributed by atoms with E-state index in [9.17, 15) is 18.0 Å². The Morgan fingerprint density at radius 2 is 1.57 bits per heavy atom. The van der Waals surface area contributed by atoms with Crippen LogP contribution in [0.5, 0.6) is 5.75 Å². The van der Waals surface area contributed by atoms with Gasteiger partial charge in [0.25, 0.3) is 21.8 Å². The van der Waals surface area contributed by atoms with E-state index in [0.717, 1.165) is 5.56 Å². The number of carbonyl (C=O) groups is 2. The topological polar surface area (TPSA) is 114 Å². The Morgan fingerprint density at radius 3 is 2.26 bits per heavy atom. The molecule has 0 fully saturated rings. The summed E-state index contributed by atoms with van der Waals surface area (Å²) in [6, 6.07) is 20.0. The zero-order valence-electron chi connectivity index (χ0n) is 19.9. The van der Waals surface area contributed by atoms with Crippen LogP contribution in [0.4, 0.5) is 5.69 Å². The van der Waals surface area contributed by atoms with E-state index in [0.29, 0.717) is 13.0 Å². The summed E-state index contributed by atoms with van der Waals surface area (Å²) in [4.78, 5) is 25.2. The fourth-order valence-electron chi connectivity index (χ4n) is 3.41. The molecule has 0 aliphatic rings. The van der Waals surface area contributed by atoms with E-state index < -0.39 is 21.8 Å². The average Bonchev–Trinajstić information content (AvgIpc) is 2.84. The molecule has 0 unspecified atom stereocenters. The third-order valence-corrected chi connectivity index (χ3v) is 6.47. The first-order valence-corrected chi connectivity index (χ1v) is 12.6. The highest BCUT2D eigenvalue weighted by Gasteiger charge is 2.22. The van der Waals surface area contributed by atoms with Gasteiger partial charge in [-0.2, -0.15) is 0 Å². The van der Waals surface area contributed by atoms with Crippen molar-refractivity contribution in [3.8, 4) is 5.75 Å². The summed E-state index contributed by atoms with van der Waals surface area (Å²) in [5, 5.41) is 5.56. The standard InChI is InChI=1S/C26H29N3O5S/c1-18(2)28-26(31)22-17-20(13-14-24(22)34-3)35(32,33)29-23-12-8-7-11-21(23)25(30)27-16-15-19-9-5-4-6-10-19/h4-14,17-18,29H,15-16H2,1-3H3,(H,27,30)(H,28,31). The maximum atomic E-state index is 13.2. The van der Waals surface area contributed by atoms with Crippen LogP contribution in [0.25, 0.3) is 0 Å². The van der Waals surface area contributed by atoms with Gasteiger partial charge in [0.05, 0.1) is 28.8 Å². The number of para-hydroxylation sites is 1. The van der Waals surface area contributed by atoms with Gasteiger partial charge in [0.2, 0.25) is 0 Å². The number of carbonyl (C=O) groups excluding carboxylic acids is 2. The highest BCUT2D eigenvalue weighted by atomic mass is 32.2. The third kappa shape index (κ3) is 6.83. The Balaban J connectivity index is 1.80. The molecule has 2 amide bonds. The van der Waals surface area contributed by atoms with Crippen LogP contribution in [-0.4, -0.2) is 39.9 Å². The highest BCUT2D eigenvalue weighted by molar-refractivity contribution is 7.92. The lowest BCUT2D eigenvalue weighted by molar-refractivity contribution is 0.0936. The molecule has 8 nitrogen and oxygen atoms in total. The highest BCUT2D eigenvalue weighted by Crippen LogP contribution is 2.25. The van der Waals surface area contributed by atoms with Crippen LogP contribution in [0.2, 0.25) is 0 Å². The number of methoxy groups -OCH3 is 1. The minimum atomic E-state index is -4.11. The number of anilines is 1. The maximum Gasteiger partial charge on any atom is 0.261 e. The van der Waals surface area contributed by atoms with Crippen molar-refractivity contribution < 1.29 is 22.7 Å². The summed E-state index contributed by atoms with van der Waals surface area (Å²) in [5.74, 6) is -0.599. The van der Waals surface area contributed by atoms with E-state index in [1.54, 1.807) is 32.0 Å². The van der Waals surface area contributed by atoms with E-state index in [1.165, 1.54) is 31.4 Å². The van der Waals surface area contributed by atoms with Crippen molar-refractivity contribution in [3.63, 3.8) is 0 Å². The largest absolute Gasteiger partial charge is 0.496 e. The number of ether oxygens (including phenoxy) is 1. The van der Waals surface area contributed by atoms with E-state index >= 15 is 0 Å². The molecule has 0 heterocycles. The van der Waals surface area contributed by atoms with E-state index in [2.05, 4.69) is 15.4 Å². The fourth-order valence-corrected chi connectivity index (χ4v) is 4.51. The summed E-state index contributed by atoms with van der Waals surface area (Å²) in [6.07, 6.45) is 0.646. The van der Waals surface area contributed by atoms with Crippen LogP contribution in [0.1, 0.15) is 40.1 Å². The van der Waals surface area contributed by atoms with E-state index in [1.807, 2.05) is 30.3 Å². The lowest BCUT2D eigenvalue weighted by Crippen LogP contribution is -2.30. The number of benzene rings is 3. The molecule has 0 aliphatic heterocycles. The monoisotopic (exact) mass is 495 g/mol. The average molecular weight is 496 g/mol. The Hall–Kier alpha value is -3.85. The third-order valence-electron chi connectivity index (χ3n) is 5.10. The molecule has 9 heteroatoms. The number of hydrogen-bond donors (Lipinski definition) is 3. The molecule has 3 aromatic carbocycles. The zero-order valence-corrected chi connectivity index (χ0v) is 20.7. The van der Waals surface area contributed by atoms with Gasteiger partial charge >= 0.3 is 0 Å². The molecule has 0 radical (unpaired) electrons. The summed E-state index contributed by atoms with van der Waals surface area (Å²) >= 11 is 0. The Bertz CT molecular complexity index is 1290. The second-order valence-corrected chi connectivity index (χ2v) is 9.82. The summed E-state index contributed by atoms with van der Waals surface area (Å²) in [5.41, 5.74) is 1.50. The van der Waals surface area contributed by atoms with Gasteiger partial charge in [-0.25, -0.2) is 8.42 Å². The van der Waals surface area contributed by atoms with Gasteiger partial charge in [0.15, 0.2) is 0 Å². The van der Waals surface area contributed by atoms with Gasteiger partial charge < -0.3 is 15.4 Å². The lowest BCUT2D eigenvalue weighted by atomic mass is 10.1. The van der Waals surface area contributed by atoms with Crippen LogP contribution in [0.15, 0.2) is 77.7 Å². The second-order valence-electron chi connectivity index (χ2n) is 8.13. The van der Waals surface area contributed by atoms with Gasteiger partial charge in [-0.05, 0) is 56.2 Å². The molecule has 35 heavy (non-hydrogen) atoms. The van der Waals surface area contributed by atoms with Crippen LogP contribution < -0.4 is 20.1 Å². The summed E-state index contributed by atoms with van der Waals surface area (Å²) in [7, 11) is -2.70. The minimum Gasteiger partial charge on any atom is -0.496 e. The van der Waals surface area contributed by atoms with Gasteiger partial charge in [-0.1, -0.05) is 42.5 Å². The molecule has 0 saturated carbocycles. The quantitative estimate of drug-likeness (QED) is 0.398. The second kappa shape index (κ2) is 11.5. The fraction of sp³-hybridized carbons (Fsp3) is 0.231. The molecule has 3 aromatic rings. The smallest absolute Gasteiger partial charge is 0.261 e. The first-order valence-electron chi connectivity index (χ1n) is 11.1. The first-order chi connectivity index (χ1) is 16.7. The molecule has 3 rings (SSSR count). The zero-order chi connectivity index (χ0) is 25.4. The maximum absolute atomic E-state index is 13.2. The predicted octanol–water partition coefficient (Wildman–Crippen LogP) is 3.61. The van der Waals surface area contributed by atoms with Crippen molar-refractivity contribution in [1.82, 2.24) is 10.6 Å². The number of hydrogen-bond acceptors (Lipinski definition) is 5. The molecular weight excluding hydrogens is 466 g/mol. The normalized spacial score (nSPS) is 11.1.